The number of rotatable bonds is 6. The highest BCUT2D eigenvalue weighted by molar-refractivity contribution is 5.94. The molecule has 1 amide bonds. The normalized spacial score (nSPS) is 18.2. The summed E-state index contributed by atoms with van der Waals surface area (Å²) in [5, 5.41) is 14.9. The van der Waals surface area contributed by atoms with Gasteiger partial charge in [0.05, 0.1) is 19.8 Å². The third-order valence-electron chi connectivity index (χ3n) is 6.96. The van der Waals surface area contributed by atoms with Crippen molar-refractivity contribution in [1.82, 2.24) is 19.6 Å². The summed E-state index contributed by atoms with van der Waals surface area (Å²) in [6.07, 6.45) is 1.59. The van der Waals surface area contributed by atoms with E-state index in [1.165, 1.54) is 6.07 Å². The Kier molecular flexibility index (Phi) is 7.02. The average molecular weight is 497 g/mol. The molecule has 0 bridgehead atoms. The molecule has 3 aromatic rings. The number of nitrogens with zero attached hydrogens (tertiary/aromatic N) is 4. The molecule has 1 aromatic heterocycles. The molecule has 2 aliphatic rings. The lowest BCUT2D eigenvalue weighted by Gasteiger charge is -2.31. The molecule has 0 saturated carbocycles. The van der Waals surface area contributed by atoms with E-state index in [0.29, 0.717) is 63.4 Å². The van der Waals surface area contributed by atoms with Crippen LogP contribution in [-0.4, -0.2) is 63.4 Å². The van der Waals surface area contributed by atoms with Gasteiger partial charge < -0.3 is 14.7 Å². The molecule has 0 radical (unpaired) electrons. The molecule has 3 heterocycles. The molecule has 9 heteroatoms. The molecule has 1 N–H and O–H groups in total. The summed E-state index contributed by atoms with van der Waals surface area (Å²) >= 11 is 0. The van der Waals surface area contributed by atoms with Gasteiger partial charge in [0.2, 0.25) is 0 Å². The second-order valence-electron chi connectivity index (χ2n) is 9.54. The van der Waals surface area contributed by atoms with Crippen molar-refractivity contribution in [2.75, 3.05) is 26.7 Å². The Bertz CT molecular complexity index is 1260. The molecular weight excluding hydrogens is 466 g/mol. The lowest BCUT2D eigenvalue weighted by molar-refractivity contribution is 0.0466. The number of fused-ring (bicyclic) bond motifs is 1. The van der Waals surface area contributed by atoms with E-state index in [0.717, 1.165) is 35.1 Å². The highest BCUT2D eigenvalue weighted by Crippen LogP contribution is 2.27. The summed E-state index contributed by atoms with van der Waals surface area (Å²) in [5.41, 5.74) is 3.94. The lowest BCUT2D eigenvalue weighted by Crippen LogP contribution is -2.43. The van der Waals surface area contributed by atoms with Crippen LogP contribution in [0.4, 0.5) is 8.78 Å². The van der Waals surface area contributed by atoms with Crippen LogP contribution >= 0.6 is 0 Å². The summed E-state index contributed by atoms with van der Waals surface area (Å²) in [6.45, 7) is 3.00. The van der Waals surface area contributed by atoms with E-state index < -0.39 is 17.7 Å². The zero-order valence-electron chi connectivity index (χ0n) is 20.3. The number of likely N-dealkylation sites (tertiary alicyclic amines) is 1. The molecule has 0 unspecified atom stereocenters. The molecule has 7 nitrogen and oxygen atoms in total. The maximum atomic E-state index is 13.8. The molecule has 5 rings (SSSR count). The second kappa shape index (κ2) is 10.4. The number of aromatic nitrogens is 2. The number of carbonyl (C=O) groups excluding carboxylic acids is 1. The number of β-amino-alcohol motifs (C(OH)–C–C–N with tert-alkyl or cyclic N) is 1. The van der Waals surface area contributed by atoms with Crippen LogP contribution in [0.3, 0.4) is 0 Å². The van der Waals surface area contributed by atoms with Gasteiger partial charge in [0.1, 0.15) is 5.75 Å². The predicted octanol–water partition coefficient (Wildman–Crippen LogP) is 3.37. The second-order valence-corrected chi connectivity index (χ2v) is 9.54. The number of amides is 1. The SMILES string of the molecule is COc1cccc(Cn2nc(C(=O)N3CCC[C@H](O)C3)c3c2CCN(Cc2ccc(F)c(F)c2)C3)c1. The van der Waals surface area contributed by atoms with Crippen molar-refractivity contribution in [2.45, 2.75) is 45.0 Å². The molecule has 36 heavy (non-hydrogen) atoms. The molecule has 0 spiro atoms. The van der Waals surface area contributed by atoms with Gasteiger partial charge in [-0.25, -0.2) is 8.78 Å². The van der Waals surface area contributed by atoms with Gasteiger partial charge in [-0.1, -0.05) is 18.2 Å². The van der Waals surface area contributed by atoms with Crippen LogP contribution in [0.25, 0.3) is 0 Å². The Morgan fingerprint density at radius 3 is 2.72 bits per heavy atom. The van der Waals surface area contributed by atoms with Crippen LogP contribution in [0.1, 0.15) is 45.7 Å². The first-order valence-electron chi connectivity index (χ1n) is 12.3. The topological polar surface area (TPSA) is 70.8 Å². The third-order valence-corrected chi connectivity index (χ3v) is 6.96. The minimum atomic E-state index is -0.866. The third kappa shape index (κ3) is 5.12. The molecule has 1 atom stereocenters. The Morgan fingerprint density at radius 1 is 1.11 bits per heavy atom. The maximum Gasteiger partial charge on any atom is 0.274 e. The van der Waals surface area contributed by atoms with Gasteiger partial charge in [-0.2, -0.15) is 5.10 Å². The van der Waals surface area contributed by atoms with Crippen molar-refractivity contribution in [2.24, 2.45) is 0 Å². The van der Waals surface area contributed by atoms with Gasteiger partial charge >= 0.3 is 0 Å². The summed E-state index contributed by atoms with van der Waals surface area (Å²) < 4.78 is 34.4. The average Bonchev–Trinajstić information content (AvgIpc) is 3.23. The largest absolute Gasteiger partial charge is 0.497 e. The standard InChI is InChI=1S/C27H30F2N4O3/c1-36-21-6-2-4-18(12-21)15-33-25-9-11-31(14-19-7-8-23(28)24(29)13-19)17-22(25)26(30-33)27(35)32-10-3-5-20(34)16-32/h2,4,6-8,12-13,20,34H,3,5,9-11,14-17H2,1H3/t20-/m0/s1. The lowest BCUT2D eigenvalue weighted by atomic mass is 10.0. The van der Waals surface area contributed by atoms with Gasteiger partial charge in [-0.15, -0.1) is 0 Å². The van der Waals surface area contributed by atoms with E-state index >= 15 is 0 Å². The zero-order chi connectivity index (χ0) is 25.2. The Hall–Kier alpha value is -3.30. The predicted molar refractivity (Wildman–Crippen MR) is 130 cm³/mol. The molecule has 2 aliphatic heterocycles. The van der Waals surface area contributed by atoms with E-state index in [-0.39, 0.29) is 5.91 Å². The first-order chi connectivity index (χ1) is 17.4. The van der Waals surface area contributed by atoms with Crippen molar-refractivity contribution < 1.29 is 23.4 Å². The number of piperidine rings is 1. The fourth-order valence-electron chi connectivity index (χ4n) is 5.11. The monoisotopic (exact) mass is 496 g/mol. The maximum absolute atomic E-state index is 13.8. The zero-order valence-corrected chi connectivity index (χ0v) is 20.3. The number of hydrogen-bond acceptors (Lipinski definition) is 5. The summed E-state index contributed by atoms with van der Waals surface area (Å²) in [5.74, 6) is -1.15. The first kappa shape index (κ1) is 24.4. The number of aliphatic hydroxyl groups is 1. The Labute approximate surface area is 208 Å². The molecule has 1 saturated heterocycles. The quantitative estimate of drug-likeness (QED) is 0.567. The van der Waals surface area contributed by atoms with Gasteiger partial charge in [0, 0.05) is 50.4 Å². The van der Waals surface area contributed by atoms with Crippen LogP contribution < -0.4 is 4.74 Å². The van der Waals surface area contributed by atoms with Crippen LogP contribution in [0.2, 0.25) is 0 Å². The minimum absolute atomic E-state index is 0.177. The van der Waals surface area contributed by atoms with Crippen LogP contribution in [0.15, 0.2) is 42.5 Å². The molecular formula is C27H30F2N4O3. The van der Waals surface area contributed by atoms with Crippen molar-refractivity contribution in [3.05, 3.63) is 82.2 Å². The van der Waals surface area contributed by atoms with Crippen molar-refractivity contribution in [3.8, 4) is 5.75 Å². The number of benzene rings is 2. The van der Waals surface area contributed by atoms with E-state index in [9.17, 15) is 18.7 Å². The van der Waals surface area contributed by atoms with E-state index in [1.54, 1.807) is 18.1 Å². The molecule has 2 aromatic carbocycles. The highest BCUT2D eigenvalue weighted by Gasteiger charge is 2.32. The van der Waals surface area contributed by atoms with E-state index in [2.05, 4.69) is 4.90 Å². The van der Waals surface area contributed by atoms with Gasteiger partial charge in [0.25, 0.3) is 5.91 Å². The number of hydrogen-bond donors (Lipinski definition) is 1. The summed E-state index contributed by atoms with van der Waals surface area (Å²) in [4.78, 5) is 17.3. The fraction of sp³-hybridized carbons (Fsp3) is 0.407. The van der Waals surface area contributed by atoms with Crippen molar-refractivity contribution >= 4 is 5.91 Å². The molecule has 1 fully saturated rings. The van der Waals surface area contributed by atoms with Crippen LogP contribution in [0, 0.1) is 11.6 Å². The Balaban J connectivity index is 1.44. The number of carbonyl (C=O) groups is 1. The summed E-state index contributed by atoms with van der Waals surface area (Å²) in [6, 6.07) is 11.7. The molecule has 0 aliphatic carbocycles. The fourth-order valence-corrected chi connectivity index (χ4v) is 5.11. The smallest absolute Gasteiger partial charge is 0.274 e. The summed E-state index contributed by atoms with van der Waals surface area (Å²) in [7, 11) is 1.63. The van der Waals surface area contributed by atoms with Gasteiger partial charge in [0.15, 0.2) is 17.3 Å². The van der Waals surface area contributed by atoms with Crippen molar-refractivity contribution in [3.63, 3.8) is 0 Å². The van der Waals surface area contributed by atoms with E-state index in [1.807, 2.05) is 28.9 Å². The molecule has 190 valence electrons. The van der Waals surface area contributed by atoms with E-state index in [4.69, 9.17) is 9.84 Å². The van der Waals surface area contributed by atoms with Gasteiger partial charge in [-0.3, -0.25) is 14.4 Å². The Morgan fingerprint density at radius 2 is 1.94 bits per heavy atom. The number of aliphatic hydroxyl groups excluding tert-OH is 1. The minimum Gasteiger partial charge on any atom is -0.497 e. The number of ether oxygens (including phenoxy) is 1. The number of methoxy groups -OCH3 is 1. The first-order valence-corrected chi connectivity index (χ1v) is 12.3. The highest BCUT2D eigenvalue weighted by atomic mass is 19.2. The van der Waals surface area contributed by atoms with Gasteiger partial charge in [-0.05, 0) is 48.2 Å². The van der Waals surface area contributed by atoms with Crippen LogP contribution in [0.5, 0.6) is 5.75 Å². The number of halogens is 2. The van der Waals surface area contributed by atoms with Crippen LogP contribution in [-0.2, 0) is 26.1 Å². The van der Waals surface area contributed by atoms with Crippen molar-refractivity contribution in [1.29, 1.82) is 0 Å².